The van der Waals surface area contributed by atoms with Gasteiger partial charge < -0.3 is 19.5 Å². The summed E-state index contributed by atoms with van der Waals surface area (Å²) in [4.78, 5) is 28.5. The zero-order valence-corrected chi connectivity index (χ0v) is 18.3. The molecule has 1 aliphatic rings. The molecule has 1 saturated heterocycles. The number of halogens is 1. The maximum absolute atomic E-state index is 13.0. The number of hydrogen-bond acceptors (Lipinski definition) is 6. The molecular weight excluding hydrogens is 435 g/mol. The highest BCUT2D eigenvalue weighted by Gasteiger charge is 2.25. The predicted octanol–water partition coefficient (Wildman–Crippen LogP) is 3.17. The standard InChI is InChI=1S/C21H23FN6O3S/c1-2-28-19(17-4-3-13-31-17)24-25-21(28)32-14-18(29)26-9-11-27(12-10-26)20(30)23-16-7-5-15(22)6-8-16/h3-8,13H,2,9-12,14H2,1H3,(H,23,30). The van der Waals surface area contributed by atoms with Gasteiger partial charge in [0.25, 0.3) is 0 Å². The fourth-order valence-corrected chi connectivity index (χ4v) is 4.29. The molecule has 1 fully saturated rings. The Bertz CT molecular complexity index is 1060. The van der Waals surface area contributed by atoms with Gasteiger partial charge in [0, 0.05) is 38.4 Å². The lowest BCUT2D eigenvalue weighted by atomic mass is 10.3. The van der Waals surface area contributed by atoms with Gasteiger partial charge in [0.15, 0.2) is 16.7 Å². The second-order valence-corrected chi connectivity index (χ2v) is 8.06. The number of piperazine rings is 1. The maximum Gasteiger partial charge on any atom is 0.321 e. The van der Waals surface area contributed by atoms with Gasteiger partial charge in [-0.1, -0.05) is 11.8 Å². The normalized spacial score (nSPS) is 13.9. The summed E-state index contributed by atoms with van der Waals surface area (Å²) < 4.78 is 20.3. The largest absolute Gasteiger partial charge is 0.461 e. The summed E-state index contributed by atoms with van der Waals surface area (Å²) in [5, 5.41) is 11.8. The van der Waals surface area contributed by atoms with Crippen molar-refractivity contribution in [2.75, 3.05) is 37.2 Å². The summed E-state index contributed by atoms with van der Waals surface area (Å²) in [5.41, 5.74) is 0.528. The minimum absolute atomic E-state index is 0.0150. The number of nitrogens with zero attached hydrogens (tertiary/aromatic N) is 5. The van der Waals surface area contributed by atoms with Crippen molar-refractivity contribution in [2.45, 2.75) is 18.6 Å². The molecule has 0 bridgehead atoms. The first-order valence-corrected chi connectivity index (χ1v) is 11.2. The van der Waals surface area contributed by atoms with Crippen LogP contribution in [0.4, 0.5) is 14.9 Å². The molecule has 168 valence electrons. The van der Waals surface area contributed by atoms with Crippen molar-refractivity contribution < 1.29 is 18.4 Å². The molecule has 0 saturated carbocycles. The molecule has 0 radical (unpaired) electrons. The van der Waals surface area contributed by atoms with Crippen LogP contribution < -0.4 is 5.32 Å². The average Bonchev–Trinajstić information content (AvgIpc) is 3.48. The van der Waals surface area contributed by atoms with Crippen molar-refractivity contribution in [1.29, 1.82) is 0 Å². The molecule has 1 N–H and O–H groups in total. The number of amides is 3. The maximum atomic E-state index is 13.0. The Labute approximate surface area is 188 Å². The molecular formula is C21H23FN6O3S. The highest BCUT2D eigenvalue weighted by atomic mass is 32.2. The van der Waals surface area contributed by atoms with E-state index >= 15 is 0 Å². The molecule has 9 nitrogen and oxygen atoms in total. The summed E-state index contributed by atoms with van der Waals surface area (Å²) in [5.74, 6) is 1.12. The lowest BCUT2D eigenvalue weighted by Gasteiger charge is -2.34. The number of carbonyl (C=O) groups excluding carboxylic acids is 2. The molecule has 2 aromatic heterocycles. The smallest absolute Gasteiger partial charge is 0.321 e. The van der Waals surface area contributed by atoms with E-state index in [4.69, 9.17) is 4.42 Å². The Kier molecular flexibility index (Phi) is 6.74. The van der Waals surface area contributed by atoms with E-state index in [2.05, 4.69) is 15.5 Å². The summed E-state index contributed by atoms with van der Waals surface area (Å²) in [6, 6.07) is 8.95. The van der Waals surface area contributed by atoms with Gasteiger partial charge in [0.1, 0.15) is 5.82 Å². The van der Waals surface area contributed by atoms with Crippen LogP contribution in [0, 0.1) is 5.82 Å². The number of anilines is 1. The van der Waals surface area contributed by atoms with Gasteiger partial charge in [0.2, 0.25) is 5.91 Å². The van der Waals surface area contributed by atoms with Crippen LogP contribution in [0.3, 0.4) is 0 Å². The van der Waals surface area contributed by atoms with Crippen LogP contribution in [0.15, 0.2) is 52.2 Å². The van der Waals surface area contributed by atoms with Gasteiger partial charge in [-0.25, -0.2) is 9.18 Å². The molecule has 0 spiro atoms. The third-order valence-electron chi connectivity index (χ3n) is 5.11. The minimum atomic E-state index is -0.359. The predicted molar refractivity (Wildman–Crippen MR) is 118 cm³/mol. The van der Waals surface area contributed by atoms with Crippen LogP contribution in [0.5, 0.6) is 0 Å². The van der Waals surface area contributed by atoms with E-state index in [1.54, 1.807) is 22.1 Å². The van der Waals surface area contributed by atoms with Gasteiger partial charge in [-0.3, -0.25) is 9.36 Å². The molecule has 3 aromatic rings. The lowest BCUT2D eigenvalue weighted by Crippen LogP contribution is -2.52. The highest BCUT2D eigenvalue weighted by Crippen LogP contribution is 2.24. The summed E-state index contributed by atoms with van der Waals surface area (Å²) >= 11 is 1.33. The van der Waals surface area contributed by atoms with Crippen LogP contribution in [0.1, 0.15) is 6.92 Å². The van der Waals surface area contributed by atoms with Crippen molar-refractivity contribution >= 4 is 29.4 Å². The summed E-state index contributed by atoms with van der Waals surface area (Å²) in [6.45, 7) is 4.40. The Hall–Kier alpha value is -3.34. The highest BCUT2D eigenvalue weighted by molar-refractivity contribution is 7.99. The average molecular weight is 459 g/mol. The second-order valence-electron chi connectivity index (χ2n) is 7.12. The Morgan fingerprint density at radius 2 is 1.81 bits per heavy atom. The number of rotatable bonds is 6. The van der Waals surface area contributed by atoms with Gasteiger partial charge in [-0.2, -0.15) is 0 Å². The molecule has 32 heavy (non-hydrogen) atoms. The monoisotopic (exact) mass is 458 g/mol. The second kappa shape index (κ2) is 9.86. The SMILES string of the molecule is CCn1c(SCC(=O)N2CCN(C(=O)Nc3ccc(F)cc3)CC2)nnc1-c1ccco1. The van der Waals surface area contributed by atoms with Crippen molar-refractivity contribution in [3.8, 4) is 11.6 Å². The summed E-state index contributed by atoms with van der Waals surface area (Å²) in [7, 11) is 0. The first kappa shape index (κ1) is 21.9. The number of benzene rings is 1. The van der Waals surface area contributed by atoms with Gasteiger partial charge >= 0.3 is 6.03 Å². The number of hydrogen-bond donors (Lipinski definition) is 1. The third-order valence-corrected chi connectivity index (χ3v) is 6.07. The van der Waals surface area contributed by atoms with Gasteiger partial charge in [0.05, 0.1) is 12.0 Å². The van der Waals surface area contributed by atoms with Crippen LogP contribution >= 0.6 is 11.8 Å². The molecule has 1 aromatic carbocycles. The minimum Gasteiger partial charge on any atom is -0.461 e. The first-order valence-electron chi connectivity index (χ1n) is 10.2. The van der Waals surface area contributed by atoms with E-state index in [0.717, 1.165) is 0 Å². The van der Waals surface area contributed by atoms with Gasteiger partial charge in [-0.15, -0.1) is 10.2 Å². The van der Waals surface area contributed by atoms with Crippen LogP contribution in [-0.2, 0) is 11.3 Å². The van der Waals surface area contributed by atoms with E-state index in [0.29, 0.717) is 55.2 Å². The third kappa shape index (κ3) is 4.93. The van der Waals surface area contributed by atoms with Crippen molar-refractivity contribution in [2.24, 2.45) is 0 Å². The van der Waals surface area contributed by atoms with Gasteiger partial charge in [-0.05, 0) is 43.3 Å². The molecule has 3 amide bonds. The number of nitrogens with one attached hydrogen (secondary N) is 1. The number of carbonyl (C=O) groups is 2. The number of furan rings is 1. The zero-order valence-electron chi connectivity index (χ0n) is 17.5. The number of aromatic nitrogens is 3. The molecule has 0 aliphatic carbocycles. The summed E-state index contributed by atoms with van der Waals surface area (Å²) in [6.07, 6.45) is 1.58. The fourth-order valence-electron chi connectivity index (χ4n) is 3.38. The molecule has 11 heteroatoms. The van der Waals surface area contributed by atoms with E-state index in [-0.39, 0.29) is 23.5 Å². The van der Waals surface area contributed by atoms with Crippen LogP contribution in [-0.4, -0.2) is 68.4 Å². The van der Waals surface area contributed by atoms with Crippen LogP contribution in [0.2, 0.25) is 0 Å². The van der Waals surface area contributed by atoms with E-state index in [1.807, 2.05) is 17.6 Å². The first-order chi connectivity index (χ1) is 15.5. The molecule has 0 atom stereocenters. The fraction of sp³-hybridized carbons (Fsp3) is 0.333. The van der Waals surface area contributed by atoms with E-state index in [1.165, 1.54) is 36.0 Å². The van der Waals surface area contributed by atoms with E-state index < -0.39 is 0 Å². The number of thioether (sulfide) groups is 1. The Morgan fingerprint density at radius 3 is 2.47 bits per heavy atom. The molecule has 4 rings (SSSR count). The quantitative estimate of drug-likeness (QED) is 0.570. The molecule has 3 heterocycles. The van der Waals surface area contributed by atoms with E-state index in [9.17, 15) is 14.0 Å². The Balaban J connectivity index is 1.27. The Morgan fingerprint density at radius 1 is 1.09 bits per heavy atom. The van der Waals surface area contributed by atoms with Crippen molar-refractivity contribution in [3.05, 3.63) is 48.5 Å². The van der Waals surface area contributed by atoms with Crippen molar-refractivity contribution in [1.82, 2.24) is 24.6 Å². The van der Waals surface area contributed by atoms with Crippen molar-refractivity contribution in [3.63, 3.8) is 0 Å². The zero-order chi connectivity index (χ0) is 22.5. The lowest BCUT2D eigenvalue weighted by molar-refractivity contribution is -0.129. The van der Waals surface area contributed by atoms with Crippen LogP contribution in [0.25, 0.3) is 11.6 Å². The topological polar surface area (TPSA) is 96.5 Å². The molecule has 0 unspecified atom stereocenters. The molecule has 1 aliphatic heterocycles. The number of urea groups is 1.